The molecule has 3 rings (SSSR count). The van der Waals surface area contributed by atoms with Crippen LogP contribution in [-0.2, 0) is 15.1 Å². The van der Waals surface area contributed by atoms with Crippen molar-refractivity contribution in [3.63, 3.8) is 0 Å². The van der Waals surface area contributed by atoms with E-state index in [1.165, 1.54) is 7.11 Å². The zero-order valence-corrected chi connectivity index (χ0v) is 11.5. The number of carbonyl (C=O) groups is 1. The van der Waals surface area contributed by atoms with Crippen LogP contribution in [0.5, 0.6) is 5.75 Å². The van der Waals surface area contributed by atoms with Crippen LogP contribution in [0.4, 0.5) is 0 Å². The molecule has 2 aromatic carbocycles. The van der Waals surface area contributed by atoms with Crippen molar-refractivity contribution in [1.29, 1.82) is 0 Å². The van der Waals surface area contributed by atoms with Crippen LogP contribution < -0.4 is 4.74 Å². The minimum atomic E-state index is -1.10. The lowest BCUT2D eigenvalue weighted by atomic mass is 9.80. The van der Waals surface area contributed by atoms with Gasteiger partial charge in [-0.05, 0) is 6.07 Å². The molecule has 20 heavy (non-hydrogen) atoms. The van der Waals surface area contributed by atoms with Gasteiger partial charge in [-0.25, -0.2) is 4.79 Å². The number of benzene rings is 2. The average Bonchev–Trinajstić information content (AvgIpc) is 2.82. The van der Waals surface area contributed by atoms with Crippen LogP contribution in [-0.4, -0.2) is 13.1 Å². The molecule has 0 amide bonds. The van der Waals surface area contributed by atoms with E-state index < -0.39 is 5.60 Å². The number of carbonyl (C=O) groups excluding carboxylic acids is 1. The summed E-state index contributed by atoms with van der Waals surface area (Å²) in [6, 6.07) is 17.3. The molecule has 1 aliphatic rings. The topological polar surface area (TPSA) is 35.5 Å². The molecule has 0 radical (unpaired) electrons. The van der Waals surface area contributed by atoms with Crippen LogP contribution in [0.1, 0.15) is 24.0 Å². The van der Waals surface area contributed by atoms with Crippen molar-refractivity contribution in [3.8, 4) is 5.75 Å². The van der Waals surface area contributed by atoms with E-state index in [1.807, 2.05) is 61.5 Å². The predicted octanol–water partition coefficient (Wildman–Crippen LogP) is 3.25. The number of hydrogen-bond donors (Lipinski definition) is 0. The maximum absolute atomic E-state index is 12.5. The lowest BCUT2D eigenvalue weighted by Crippen LogP contribution is -2.43. The summed E-state index contributed by atoms with van der Waals surface area (Å²) in [5.41, 5.74) is 0.747. The van der Waals surface area contributed by atoms with E-state index in [1.54, 1.807) is 0 Å². The third-order valence-corrected chi connectivity index (χ3v) is 3.96. The van der Waals surface area contributed by atoms with E-state index in [4.69, 9.17) is 9.47 Å². The van der Waals surface area contributed by atoms with Gasteiger partial charge < -0.3 is 9.47 Å². The van der Waals surface area contributed by atoms with Crippen LogP contribution in [0, 0.1) is 0 Å². The van der Waals surface area contributed by atoms with Gasteiger partial charge >= 0.3 is 5.97 Å². The third-order valence-electron chi connectivity index (χ3n) is 3.96. The Morgan fingerprint density at radius 1 is 1.10 bits per heavy atom. The first-order valence-corrected chi connectivity index (χ1v) is 6.62. The van der Waals surface area contributed by atoms with Crippen LogP contribution >= 0.6 is 0 Å². The Balaban J connectivity index is 2.18. The fourth-order valence-electron chi connectivity index (χ4n) is 2.89. The number of hydrogen-bond acceptors (Lipinski definition) is 3. The Hall–Kier alpha value is -2.29. The summed E-state index contributed by atoms with van der Waals surface area (Å²) < 4.78 is 11.1. The van der Waals surface area contributed by atoms with Gasteiger partial charge in [-0.3, -0.25) is 0 Å². The fraction of sp³-hybridized carbons (Fsp3) is 0.235. The van der Waals surface area contributed by atoms with Gasteiger partial charge in [0.1, 0.15) is 5.75 Å². The van der Waals surface area contributed by atoms with Crippen LogP contribution in [0.2, 0.25) is 0 Å². The second kappa shape index (κ2) is 4.67. The van der Waals surface area contributed by atoms with Crippen molar-refractivity contribution in [1.82, 2.24) is 0 Å². The molecule has 0 spiro atoms. The molecule has 1 unspecified atom stereocenters. The Morgan fingerprint density at radius 3 is 2.40 bits per heavy atom. The van der Waals surface area contributed by atoms with Crippen LogP contribution in [0.25, 0.3) is 0 Å². The predicted molar refractivity (Wildman–Crippen MR) is 75.6 cm³/mol. The van der Waals surface area contributed by atoms with Gasteiger partial charge in [-0.1, -0.05) is 55.5 Å². The minimum absolute atomic E-state index is 0.103. The Labute approximate surface area is 118 Å². The number of rotatable bonds is 2. The van der Waals surface area contributed by atoms with E-state index >= 15 is 0 Å². The van der Waals surface area contributed by atoms with Gasteiger partial charge in [0, 0.05) is 17.0 Å². The summed E-state index contributed by atoms with van der Waals surface area (Å²) in [4.78, 5) is 12.5. The van der Waals surface area contributed by atoms with Crippen LogP contribution in [0.15, 0.2) is 54.6 Å². The highest BCUT2D eigenvalue weighted by atomic mass is 16.6. The van der Waals surface area contributed by atoms with E-state index in [0.717, 1.165) is 16.9 Å². The zero-order valence-electron chi connectivity index (χ0n) is 11.5. The highest BCUT2D eigenvalue weighted by Crippen LogP contribution is 2.50. The highest BCUT2D eigenvalue weighted by Gasteiger charge is 2.54. The molecule has 2 aromatic rings. The highest BCUT2D eigenvalue weighted by molar-refractivity contribution is 5.84. The molecule has 1 heterocycles. The second-order valence-corrected chi connectivity index (χ2v) is 4.95. The summed E-state index contributed by atoms with van der Waals surface area (Å²) in [6.45, 7) is 2.00. The van der Waals surface area contributed by atoms with E-state index in [2.05, 4.69) is 0 Å². The number of ether oxygens (including phenoxy) is 2. The molecular formula is C17H16O3. The number of fused-ring (bicyclic) bond motifs is 1. The molecule has 0 aromatic heterocycles. The van der Waals surface area contributed by atoms with E-state index in [9.17, 15) is 4.79 Å². The average molecular weight is 268 g/mol. The smallest absolute Gasteiger partial charge is 0.355 e. The lowest BCUT2D eigenvalue weighted by Gasteiger charge is -2.30. The number of methoxy groups -OCH3 is 1. The Bertz CT molecular complexity index is 636. The molecule has 0 aliphatic carbocycles. The summed E-state index contributed by atoms with van der Waals surface area (Å²) in [5.74, 6) is 0.273. The molecule has 1 aliphatic heterocycles. The summed E-state index contributed by atoms with van der Waals surface area (Å²) >= 11 is 0. The normalized spacial score (nSPS) is 23.8. The molecule has 0 fully saturated rings. The second-order valence-electron chi connectivity index (χ2n) is 4.95. The van der Waals surface area contributed by atoms with Crippen molar-refractivity contribution in [3.05, 3.63) is 65.7 Å². The molecule has 3 nitrogen and oxygen atoms in total. The van der Waals surface area contributed by atoms with Gasteiger partial charge in [0.2, 0.25) is 5.60 Å². The minimum Gasteiger partial charge on any atom is -0.470 e. The monoisotopic (exact) mass is 268 g/mol. The molecule has 0 saturated heterocycles. The lowest BCUT2D eigenvalue weighted by molar-refractivity contribution is -0.160. The molecule has 102 valence electrons. The quantitative estimate of drug-likeness (QED) is 0.784. The van der Waals surface area contributed by atoms with Crippen molar-refractivity contribution in [2.24, 2.45) is 0 Å². The van der Waals surface area contributed by atoms with Gasteiger partial charge in [-0.15, -0.1) is 0 Å². The van der Waals surface area contributed by atoms with E-state index in [0.29, 0.717) is 0 Å². The van der Waals surface area contributed by atoms with Gasteiger partial charge in [0.15, 0.2) is 0 Å². The third kappa shape index (κ3) is 1.63. The molecule has 3 heteroatoms. The van der Waals surface area contributed by atoms with Gasteiger partial charge in [-0.2, -0.15) is 0 Å². The van der Waals surface area contributed by atoms with Crippen molar-refractivity contribution in [2.75, 3.05) is 7.11 Å². The van der Waals surface area contributed by atoms with E-state index in [-0.39, 0.29) is 11.9 Å². The first-order chi connectivity index (χ1) is 9.70. The first-order valence-electron chi connectivity index (χ1n) is 6.62. The first kappa shape index (κ1) is 12.7. The number of esters is 1. The maximum atomic E-state index is 12.5. The summed E-state index contributed by atoms with van der Waals surface area (Å²) in [7, 11) is 1.39. The Morgan fingerprint density at radius 2 is 1.75 bits per heavy atom. The largest absolute Gasteiger partial charge is 0.470 e. The molecule has 2 atom stereocenters. The molecule has 0 saturated carbocycles. The molecule has 0 bridgehead atoms. The zero-order chi connectivity index (χ0) is 14.2. The van der Waals surface area contributed by atoms with Crippen molar-refractivity contribution in [2.45, 2.75) is 18.4 Å². The van der Waals surface area contributed by atoms with Gasteiger partial charge in [0.25, 0.3) is 0 Å². The number of para-hydroxylation sites is 1. The maximum Gasteiger partial charge on any atom is 0.355 e. The standard InChI is InChI=1S/C17H16O3/c1-12-14-10-6-7-11-15(14)20-17(12,16(18)19-2)13-8-4-3-5-9-13/h3-12H,1-2H3/t12?,17-/m0/s1. The summed E-state index contributed by atoms with van der Waals surface area (Å²) in [5, 5.41) is 0. The fourth-order valence-corrected chi connectivity index (χ4v) is 2.89. The van der Waals surface area contributed by atoms with Crippen molar-refractivity contribution < 1.29 is 14.3 Å². The molecule has 0 N–H and O–H groups in total. The van der Waals surface area contributed by atoms with Crippen LogP contribution in [0.3, 0.4) is 0 Å². The SMILES string of the molecule is COC(=O)[C@]1(c2ccccc2)Oc2ccccc2C1C. The Kier molecular flexibility index (Phi) is 2.97. The van der Waals surface area contributed by atoms with Gasteiger partial charge in [0.05, 0.1) is 7.11 Å². The van der Waals surface area contributed by atoms with Crippen molar-refractivity contribution >= 4 is 5.97 Å². The molecular weight excluding hydrogens is 252 g/mol. The summed E-state index contributed by atoms with van der Waals surface area (Å²) in [6.07, 6.45) is 0.